The molecule has 2 aromatic heterocycles. The largest absolute Gasteiger partial charge is 0.493 e. The van der Waals surface area contributed by atoms with Crippen molar-refractivity contribution in [1.29, 1.82) is 0 Å². The van der Waals surface area contributed by atoms with Gasteiger partial charge in [0.2, 0.25) is 0 Å². The molecule has 2 heterocycles. The second kappa shape index (κ2) is 8.71. The number of nitrogens with zero attached hydrogens (tertiary/aromatic N) is 4. The lowest BCUT2D eigenvalue weighted by atomic mass is 10.2. The lowest BCUT2D eigenvalue weighted by Gasteiger charge is -2.13. The van der Waals surface area contributed by atoms with E-state index in [0.29, 0.717) is 23.3 Å². The minimum atomic E-state index is 0. The molecule has 0 aliphatic heterocycles. The first-order valence-corrected chi connectivity index (χ1v) is 10.5. The first kappa shape index (κ1) is 20.2. The summed E-state index contributed by atoms with van der Waals surface area (Å²) >= 11 is 6.39. The molecule has 1 N–H and O–H groups in total. The smallest absolute Gasteiger partial charge is 0.185 e. The molecule has 0 unspecified atom stereocenters. The van der Waals surface area contributed by atoms with Gasteiger partial charge >= 0.3 is 0 Å². The summed E-state index contributed by atoms with van der Waals surface area (Å²) < 4.78 is 7.71. The fourth-order valence-electron chi connectivity index (χ4n) is 3.44. The lowest BCUT2D eigenvalue weighted by molar-refractivity contribution is 0.341. The highest BCUT2D eigenvalue weighted by atomic mass is 35.5. The van der Waals surface area contributed by atoms with E-state index in [0.717, 1.165) is 46.9 Å². The Morgan fingerprint density at radius 1 is 1.07 bits per heavy atom. The van der Waals surface area contributed by atoms with Crippen LogP contribution in [0.4, 0.5) is 11.5 Å². The van der Waals surface area contributed by atoms with Gasteiger partial charge in [-0.05, 0) is 44.5 Å². The third-order valence-corrected chi connectivity index (χ3v) is 5.09. The van der Waals surface area contributed by atoms with Crippen molar-refractivity contribution in [2.45, 2.75) is 33.6 Å². The van der Waals surface area contributed by atoms with Crippen LogP contribution in [0.3, 0.4) is 0 Å². The Labute approximate surface area is 182 Å². The van der Waals surface area contributed by atoms with Crippen LogP contribution in [0, 0.1) is 6.92 Å². The van der Waals surface area contributed by atoms with E-state index in [2.05, 4.69) is 12.2 Å². The highest BCUT2D eigenvalue weighted by Gasteiger charge is 2.19. The van der Waals surface area contributed by atoms with Crippen molar-refractivity contribution in [3.05, 3.63) is 65.1 Å². The van der Waals surface area contributed by atoms with Crippen molar-refractivity contribution in [2.75, 3.05) is 11.9 Å². The number of hydrogen-bond donors (Lipinski definition) is 1. The third kappa shape index (κ3) is 3.83. The molecule has 6 nitrogen and oxygen atoms in total. The Balaban J connectivity index is 0.00000272. The average Bonchev–Trinajstić information content (AvgIpc) is 3.06. The van der Waals surface area contributed by atoms with E-state index in [4.69, 9.17) is 31.4 Å². The van der Waals surface area contributed by atoms with Crippen LogP contribution >= 0.6 is 11.6 Å². The molecular formula is C23H26ClN5O. The van der Waals surface area contributed by atoms with Crippen molar-refractivity contribution < 1.29 is 6.16 Å². The molecule has 0 saturated carbocycles. The molecule has 0 saturated heterocycles. The maximum absolute atomic E-state index is 6.39. The van der Waals surface area contributed by atoms with E-state index in [9.17, 15) is 0 Å². The molecule has 156 valence electrons. The van der Waals surface area contributed by atoms with Gasteiger partial charge in [0.05, 0.1) is 28.6 Å². The number of para-hydroxylation sites is 2. The molecule has 2 aromatic carbocycles. The number of fused-ring (bicyclic) bond motifs is 1. The normalized spacial score (nSPS) is 11.1. The first-order chi connectivity index (χ1) is 14.6. The van der Waals surface area contributed by atoms with Gasteiger partial charge < -0.3 is 10.1 Å². The monoisotopic (exact) mass is 423 g/mol. The second-order valence-corrected chi connectivity index (χ2v) is 7.35. The van der Waals surface area contributed by atoms with Crippen LogP contribution in [0.25, 0.3) is 16.9 Å². The van der Waals surface area contributed by atoms with E-state index in [-0.39, 0.29) is 1.43 Å². The number of halogens is 1. The predicted octanol–water partition coefficient (Wildman–Crippen LogP) is 6.09. The summed E-state index contributed by atoms with van der Waals surface area (Å²) in [6.07, 6.45) is 1.80. The van der Waals surface area contributed by atoms with Crippen molar-refractivity contribution in [3.8, 4) is 17.1 Å². The third-order valence-electron chi connectivity index (χ3n) is 4.76. The molecule has 7 heteroatoms. The van der Waals surface area contributed by atoms with E-state index in [1.807, 2.05) is 66.9 Å². The van der Waals surface area contributed by atoms with Gasteiger partial charge in [-0.25, -0.2) is 14.5 Å². The van der Waals surface area contributed by atoms with Crippen LogP contribution in [-0.2, 0) is 6.42 Å². The zero-order valence-corrected chi connectivity index (χ0v) is 18.1. The van der Waals surface area contributed by atoms with Crippen LogP contribution in [0.5, 0.6) is 5.75 Å². The molecule has 30 heavy (non-hydrogen) atoms. The number of rotatable bonds is 7. The van der Waals surface area contributed by atoms with Gasteiger partial charge in [0.1, 0.15) is 17.1 Å². The molecule has 0 aliphatic carbocycles. The molecule has 0 bridgehead atoms. The Morgan fingerprint density at radius 3 is 2.60 bits per heavy atom. The lowest BCUT2D eigenvalue weighted by Crippen LogP contribution is -2.07. The quantitative estimate of drug-likeness (QED) is 0.389. The predicted molar refractivity (Wildman–Crippen MR) is 123 cm³/mol. The maximum Gasteiger partial charge on any atom is 0.185 e. The molecule has 4 aromatic rings. The summed E-state index contributed by atoms with van der Waals surface area (Å²) in [7, 11) is 0. The van der Waals surface area contributed by atoms with Gasteiger partial charge in [0.25, 0.3) is 0 Å². The fraction of sp³-hybridized carbons (Fsp3) is 0.261. The number of nitrogens with one attached hydrogen (secondary N) is 1. The number of anilines is 2. The van der Waals surface area contributed by atoms with Crippen LogP contribution in [-0.4, -0.2) is 26.2 Å². The van der Waals surface area contributed by atoms with E-state index < -0.39 is 0 Å². The molecule has 4 rings (SSSR count). The zero-order chi connectivity index (χ0) is 21.1. The highest BCUT2D eigenvalue weighted by molar-refractivity contribution is 6.33. The number of ether oxygens (including phenoxy) is 1. The molecular weight excluding hydrogens is 398 g/mol. The summed E-state index contributed by atoms with van der Waals surface area (Å²) in [5.74, 6) is 2.88. The van der Waals surface area contributed by atoms with Crippen LogP contribution in [0.15, 0.2) is 48.5 Å². The van der Waals surface area contributed by atoms with Crippen molar-refractivity contribution in [1.82, 2.24) is 19.6 Å². The Morgan fingerprint density at radius 2 is 1.83 bits per heavy atom. The van der Waals surface area contributed by atoms with Crippen molar-refractivity contribution in [3.63, 3.8) is 0 Å². The van der Waals surface area contributed by atoms with Gasteiger partial charge in [-0.15, -0.1) is 5.10 Å². The van der Waals surface area contributed by atoms with Crippen molar-refractivity contribution >= 4 is 28.6 Å². The number of aromatic nitrogens is 4. The zero-order valence-electron chi connectivity index (χ0n) is 17.3. The van der Waals surface area contributed by atoms with E-state index in [1.54, 1.807) is 0 Å². The first-order valence-electron chi connectivity index (χ1n) is 10.1. The summed E-state index contributed by atoms with van der Waals surface area (Å²) in [6, 6.07) is 15.4. The Bertz CT molecular complexity index is 1190. The van der Waals surface area contributed by atoms with Gasteiger partial charge in [0.15, 0.2) is 11.6 Å². The minimum Gasteiger partial charge on any atom is -0.493 e. The van der Waals surface area contributed by atoms with Crippen molar-refractivity contribution in [2.24, 2.45) is 0 Å². The molecule has 0 amide bonds. The van der Waals surface area contributed by atoms with E-state index >= 15 is 0 Å². The Kier molecular flexibility index (Phi) is 5.86. The second-order valence-electron chi connectivity index (χ2n) is 6.94. The van der Waals surface area contributed by atoms with Gasteiger partial charge in [-0.3, -0.25) is 0 Å². The summed E-state index contributed by atoms with van der Waals surface area (Å²) in [5, 5.41) is 8.85. The highest BCUT2D eigenvalue weighted by Crippen LogP contribution is 2.32. The van der Waals surface area contributed by atoms with Gasteiger partial charge in [0, 0.05) is 7.85 Å². The number of aryl methyl sites for hydroxylation is 2. The molecule has 0 spiro atoms. The van der Waals surface area contributed by atoms with Crippen LogP contribution in [0.2, 0.25) is 5.02 Å². The number of hydrogen-bond acceptors (Lipinski definition) is 5. The van der Waals surface area contributed by atoms with Gasteiger partial charge in [-0.2, -0.15) is 0 Å². The number of imidazole rings is 1. The molecule has 0 aliphatic rings. The molecule has 0 radical (unpaired) electrons. The van der Waals surface area contributed by atoms with Crippen LogP contribution < -0.4 is 10.1 Å². The summed E-state index contributed by atoms with van der Waals surface area (Å²) in [6.45, 7) is 6.63. The SMILES string of the molecule is CCCc1nc(C)c2c(Nc3ccccc3Cl)nc(-c3ccccc3OCC)nn12.[HH]. The summed E-state index contributed by atoms with van der Waals surface area (Å²) in [5.41, 5.74) is 3.33. The summed E-state index contributed by atoms with van der Waals surface area (Å²) in [4.78, 5) is 9.62. The van der Waals surface area contributed by atoms with Crippen LogP contribution in [0.1, 0.15) is 33.2 Å². The average molecular weight is 424 g/mol. The topological polar surface area (TPSA) is 64.3 Å². The fourth-order valence-corrected chi connectivity index (χ4v) is 3.62. The minimum absolute atomic E-state index is 0. The number of benzene rings is 2. The molecule has 0 atom stereocenters. The van der Waals surface area contributed by atoms with Gasteiger partial charge in [-0.1, -0.05) is 42.8 Å². The van der Waals surface area contributed by atoms with E-state index in [1.165, 1.54) is 0 Å². The Hall–Kier alpha value is -3.12. The molecule has 0 fully saturated rings. The standard InChI is InChI=1S/C23H24ClN5O.H2/c1-4-10-20-25-15(3)21-23(26-18-13-8-7-12-17(18)24)27-22(28-29(20)21)16-11-6-9-14-19(16)30-5-2;/h6-9,11-14H,4-5,10H2,1-3H3,(H,26,27,28);1H. The maximum atomic E-state index is 6.39.